The van der Waals surface area contributed by atoms with E-state index in [-0.39, 0.29) is 0 Å². The number of hydrogen-bond acceptors (Lipinski definition) is 2. The van der Waals surface area contributed by atoms with Gasteiger partial charge in [0.25, 0.3) is 0 Å². The van der Waals surface area contributed by atoms with Crippen molar-refractivity contribution in [1.29, 1.82) is 0 Å². The summed E-state index contributed by atoms with van der Waals surface area (Å²) in [5, 5.41) is 0. The Kier molecular flexibility index (Phi) is 4.21. The number of halogens is 1. The van der Waals surface area contributed by atoms with E-state index in [1.807, 2.05) is 0 Å². The van der Waals surface area contributed by atoms with Gasteiger partial charge in [0, 0.05) is 22.7 Å². The second-order valence-corrected chi connectivity index (χ2v) is 5.99. The molecule has 0 aromatic heterocycles. The third-order valence-corrected chi connectivity index (χ3v) is 4.14. The van der Waals surface area contributed by atoms with E-state index in [2.05, 4.69) is 58.7 Å². The van der Waals surface area contributed by atoms with Gasteiger partial charge in [-0.1, -0.05) is 12.1 Å². The van der Waals surface area contributed by atoms with Crippen LogP contribution in [0.3, 0.4) is 0 Å². The maximum Gasteiger partial charge on any atom is 0.0236 e. The third-order valence-electron chi connectivity index (χ3n) is 3.42. The predicted molar refractivity (Wildman–Crippen MR) is 76.2 cm³/mol. The molecule has 1 aliphatic rings. The lowest BCUT2D eigenvalue weighted by molar-refractivity contribution is 0.256. The van der Waals surface area contributed by atoms with Crippen molar-refractivity contribution < 1.29 is 0 Å². The van der Waals surface area contributed by atoms with Crippen LogP contribution in [0.15, 0.2) is 24.3 Å². The summed E-state index contributed by atoms with van der Waals surface area (Å²) in [5.41, 5.74) is 7.15. The zero-order valence-corrected chi connectivity index (χ0v) is 11.9. The van der Waals surface area contributed by atoms with Gasteiger partial charge in [0.15, 0.2) is 0 Å². The van der Waals surface area contributed by atoms with Gasteiger partial charge in [-0.05, 0) is 66.1 Å². The molecule has 1 aromatic rings. The van der Waals surface area contributed by atoms with Crippen molar-refractivity contribution in [2.24, 2.45) is 11.7 Å². The summed E-state index contributed by atoms with van der Waals surface area (Å²) < 4.78 is 1.30. The lowest BCUT2D eigenvalue weighted by Gasteiger charge is -2.21. The zero-order chi connectivity index (χ0) is 11.5. The van der Waals surface area contributed by atoms with Gasteiger partial charge in [-0.2, -0.15) is 0 Å². The van der Waals surface area contributed by atoms with E-state index in [1.54, 1.807) is 0 Å². The molecule has 88 valence electrons. The van der Waals surface area contributed by atoms with Crippen LogP contribution in [0.1, 0.15) is 18.9 Å². The lowest BCUT2D eigenvalue weighted by Crippen LogP contribution is -2.27. The van der Waals surface area contributed by atoms with Crippen molar-refractivity contribution in [2.75, 3.05) is 13.1 Å². The highest BCUT2D eigenvalue weighted by atomic mass is 127. The molecule has 0 radical (unpaired) electrons. The van der Waals surface area contributed by atoms with Gasteiger partial charge >= 0.3 is 0 Å². The molecular formula is C13H19IN2. The second-order valence-electron chi connectivity index (χ2n) is 4.74. The molecule has 1 aliphatic heterocycles. The van der Waals surface area contributed by atoms with E-state index in [0.29, 0.717) is 12.0 Å². The maximum absolute atomic E-state index is 5.74. The monoisotopic (exact) mass is 330 g/mol. The van der Waals surface area contributed by atoms with Crippen LogP contribution in [0.5, 0.6) is 0 Å². The lowest BCUT2D eigenvalue weighted by atomic mass is 10.1. The normalized spacial score (nSPS) is 26.2. The fraction of sp³-hybridized carbons (Fsp3) is 0.538. The van der Waals surface area contributed by atoms with Gasteiger partial charge in [0.05, 0.1) is 0 Å². The Labute approximate surface area is 111 Å². The average Bonchev–Trinajstić information content (AvgIpc) is 2.63. The van der Waals surface area contributed by atoms with Crippen molar-refractivity contribution in [2.45, 2.75) is 25.9 Å². The first-order chi connectivity index (χ1) is 7.69. The molecule has 2 N–H and O–H groups in total. The Morgan fingerprint density at radius 2 is 2.06 bits per heavy atom. The van der Waals surface area contributed by atoms with Crippen LogP contribution in [-0.2, 0) is 6.54 Å². The van der Waals surface area contributed by atoms with Crippen LogP contribution >= 0.6 is 22.6 Å². The average molecular weight is 330 g/mol. The van der Waals surface area contributed by atoms with Crippen LogP contribution in [0.25, 0.3) is 0 Å². The SMILES string of the molecule is CC1CC(CN)CN1Cc1ccc(I)cc1. The Bertz CT molecular complexity index is 336. The van der Waals surface area contributed by atoms with Gasteiger partial charge in [-0.15, -0.1) is 0 Å². The van der Waals surface area contributed by atoms with Crippen molar-refractivity contribution >= 4 is 22.6 Å². The number of likely N-dealkylation sites (tertiary alicyclic amines) is 1. The van der Waals surface area contributed by atoms with E-state index in [1.165, 1.54) is 15.6 Å². The minimum absolute atomic E-state index is 0.674. The fourth-order valence-electron chi connectivity index (χ4n) is 2.43. The molecule has 0 spiro atoms. The quantitative estimate of drug-likeness (QED) is 0.863. The molecule has 2 atom stereocenters. The topological polar surface area (TPSA) is 29.3 Å². The first kappa shape index (κ1) is 12.3. The predicted octanol–water partition coefficient (Wildman–Crippen LogP) is 2.46. The first-order valence-electron chi connectivity index (χ1n) is 5.87. The summed E-state index contributed by atoms with van der Waals surface area (Å²) in [6.07, 6.45) is 1.25. The van der Waals surface area contributed by atoms with Crippen LogP contribution in [-0.4, -0.2) is 24.0 Å². The summed E-state index contributed by atoms with van der Waals surface area (Å²) in [6.45, 7) is 5.36. The van der Waals surface area contributed by atoms with Gasteiger partial charge in [0.2, 0.25) is 0 Å². The van der Waals surface area contributed by atoms with Gasteiger partial charge in [-0.25, -0.2) is 0 Å². The minimum Gasteiger partial charge on any atom is -0.330 e. The molecule has 2 nitrogen and oxygen atoms in total. The number of benzene rings is 1. The molecule has 2 rings (SSSR count). The zero-order valence-electron chi connectivity index (χ0n) is 9.70. The molecule has 2 unspecified atom stereocenters. The van der Waals surface area contributed by atoms with Crippen LogP contribution in [0.2, 0.25) is 0 Å². The molecule has 0 amide bonds. The van der Waals surface area contributed by atoms with Gasteiger partial charge in [-0.3, -0.25) is 4.90 Å². The molecule has 3 heteroatoms. The highest BCUT2D eigenvalue weighted by Crippen LogP contribution is 2.24. The number of rotatable bonds is 3. The highest BCUT2D eigenvalue weighted by Gasteiger charge is 2.27. The third kappa shape index (κ3) is 2.96. The van der Waals surface area contributed by atoms with E-state index < -0.39 is 0 Å². The molecule has 16 heavy (non-hydrogen) atoms. The van der Waals surface area contributed by atoms with Crippen molar-refractivity contribution in [3.05, 3.63) is 33.4 Å². The molecule has 1 saturated heterocycles. The Hall–Kier alpha value is -0.130. The van der Waals surface area contributed by atoms with Crippen molar-refractivity contribution in [3.63, 3.8) is 0 Å². The van der Waals surface area contributed by atoms with Crippen LogP contribution < -0.4 is 5.73 Å². The summed E-state index contributed by atoms with van der Waals surface area (Å²) in [5.74, 6) is 0.693. The van der Waals surface area contributed by atoms with Crippen LogP contribution in [0.4, 0.5) is 0 Å². The Morgan fingerprint density at radius 1 is 1.38 bits per heavy atom. The fourth-order valence-corrected chi connectivity index (χ4v) is 2.79. The van der Waals surface area contributed by atoms with E-state index >= 15 is 0 Å². The summed E-state index contributed by atoms with van der Waals surface area (Å²) >= 11 is 2.34. The molecule has 1 heterocycles. The molecule has 0 aliphatic carbocycles. The van der Waals surface area contributed by atoms with Crippen LogP contribution in [0, 0.1) is 9.49 Å². The standard InChI is InChI=1S/C13H19IN2/c1-10-6-12(7-15)9-16(10)8-11-2-4-13(14)5-3-11/h2-5,10,12H,6-9,15H2,1H3. The molecule has 0 saturated carbocycles. The summed E-state index contributed by atoms with van der Waals surface area (Å²) in [7, 11) is 0. The first-order valence-corrected chi connectivity index (χ1v) is 6.95. The number of nitrogens with two attached hydrogens (primary N) is 1. The molecule has 1 aromatic carbocycles. The van der Waals surface area contributed by atoms with Crippen molar-refractivity contribution in [3.8, 4) is 0 Å². The largest absolute Gasteiger partial charge is 0.330 e. The summed E-state index contributed by atoms with van der Waals surface area (Å²) in [6, 6.07) is 9.48. The number of nitrogens with zero attached hydrogens (tertiary/aromatic N) is 1. The minimum atomic E-state index is 0.674. The van der Waals surface area contributed by atoms with Gasteiger partial charge < -0.3 is 5.73 Å². The molecule has 0 bridgehead atoms. The maximum atomic E-state index is 5.74. The van der Waals surface area contributed by atoms with E-state index in [4.69, 9.17) is 5.73 Å². The smallest absolute Gasteiger partial charge is 0.0236 e. The van der Waals surface area contributed by atoms with Gasteiger partial charge in [0.1, 0.15) is 0 Å². The number of hydrogen-bond donors (Lipinski definition) is 1. The second kappa shape index (κ2) is 5.47. The van der Waals surface area contributed by atoms with E-state index in [0.717, 1.165) is 19.6 Å². The van der Waals surface area contributed by atoms with Crippen molar-refractivity contribution in [1.82, 2.24) is 4.90 Å². The molecular weight excluding hydrogens is 311 g/mol. The van der Waals surface area contributed by atoms with E-state index in [9.17, 15) is 0 Å². The molecule has 1 fully saturated rings. The Balaban J connectivity index is 1.97. The Morgan fingerprint density at radius 3 is 2.62 bits per heavy atom. The summed E-state index contributed by atoms with van der Waals surface area (Å²) in [4.78, 5) is 2.54. The highest BCUT2D eigenvalue weighted by molar-refractivity contribution is 14.1.